The Morgan fingerprint density at radius 2 is 1.86 bits per heavy atom. The number of aromatic nitrogens is 1. The molecule has 6 rings (SSSR count). The summed E-state index contributed by atoms with van der Waals surface area (Å²) in [6.45, 7) is 4.05. The number of hydrogen-bond donors (Lipinski definition) is 0. The predicted octanol–water partition coefficient (Wildman–Crippen LogP) is 4.77. The van der Waals surface area contributed by atoms with Gasteiger partial charge in [-0.15, -0.1) is 0 Å². The third-order valence-corrected chi connectivity index (χ3v) is 7.38. The van der Waals surface area contributed by atoms with E-state index in [1.54, 1.807) is 30.3 Å². The third kappa shape index (κ3) is 4.28. The van der Waals surface area contributed by atoms with Crippen LogP contribution in [0.25, 0.3) is 22.1 Å². The van der Waals surface area contributed by atoms with E-state index < -0.39 is 0 Å². The Labute approximate surface area is 207 Å². The SMILES string of the molecule is O=c1c(-c2ccc(Cl)cc2)coc2cc(OCCN3C[C@H]4C[C@@H](C3)c3cccc(=O)n3C4)ccc12. The Morgan fingerprint density at radius 1 is 1.00 bits per heavy atom. The van der Waals surface area contributed by atoms with E-state index in [0.29, 0.717) is 45.7 Å². The van der Waals surface area contributed by atoms with Crippen molar-refractivity contribution in [1.29, 1.82) is 0 Å². The molecule has 6 nitrogen and oxygen atoms in total. The van der Waals surface area contributed by atoms with Crippen LogP contribution >= 0.6 is 11.6 Å². The van der Waals surface area contributed by atoms with Gasteiger partial charge in [0.05, 0.1) is 10.9 Å². The van der Waals surface area contributed by atoms with Crippen LogP contribution in [-0.4, -0.2) is 35.7 Å². The van der Waals surface area contributed by atoms with Crippen LogP contribution in [0, 0.1) is 5.92 Å². The van der Waals surface area contributed by atoms with Crippen LogP contribution in [0.1, 0.15) is 18.0 Å². The summed E-state index contributed by atoms with van der Waals surface area (Å²) in [5, 5.41) is 1.14. The van der Waals surface area contributed by atoms with E-state index in [1.165, 1.54) is 6.26 Å². The van der Waals surface area contributed by atoms with Crippen molar-refractivity contribution in [3.05, 3.63) is 98.2 Å². The maximum atomic E-state index is 13.0. The van der Waals surface area contributed by atoms with Gasteiger partial charge in [0.2, 0.25) is 0 Å². The first kappa shape index (κ1) is 22.1. The number of fused-ring (bicyclic) bond motifs is 5. The van der Waals surface area contributed by atoms with Gasteiger partial charge in [-0.05, 0) is 48.2 Å². The molecule has 0 spiro atoms. The molecule has 4 aromatic rings. The largest absolute Gasteiger partial charge is 0.492 e. The summed E-state index contributed by atoms with van der Waals surface area (Å²) in [6.07, 6.45) is 2.63. The fraction of sp³-hybridized carbons (Fsp3) is 0.286. The molecule has 4 heterocycles. The molecule has 1 saturated heterocycles. The van der Waals surface area contributed by atoms with Gasteiger partial charge in [-0.2, -0.15) is 0 Å². The van der Waals surface area contributed by atoms with Crippen LogP contribution in [0.2, 0.25) is 5.02 Å². The Kier molecular flexibility index (Phi) is 5.71. The smallest absolute Gasteiger partial charge is 0.250 e. The number of hydrogen-bond acceptors (Lipinski definition) is 5. The van der Waals surface area contributed by atoms with E-state index in [9.17, 15) is 9.59 Å². The molecule has 2 aliphatic rings. The summed E-state index contributed by atoms with van der Waals surface area (Å²) in [6, 6.07) is 18.1. The summed E-state index contributed by atoms with van der Waals surface area (Å²) >= 11 is 5.96. The van der Waals surface area contributed by atoms with Crippen molar-refractivity contribution < 1.29 is 9.15 Å². The lowest BCUT2D eigenvalue weighted by Gasteiger charge is -2.42. The van der Waals surface area contributed by atoms with E-state index in [1.807, 2.05) is 28.8 Å². The van der Waals surface area contributed by atoms with E-state index in [2.05, 4.69) is 11.0 Å². The molecule has 7 heteroatoms. The number of piperidine rings is 1. The molecule has 1 fully saturated rings. The highest BCUT2D eigenvalue weighted by Crippen LogP contribution is 2.34. The fourth-order valence-corrected chi connectivity index (χ4v) is 5.62. The van der Waals surface area contributed by atoms with Gasteiger partial charge in [0.1, 0.15) is 24.2 Å². The average Bonchev–Trinajstić information content (AvgIpc) is 2.86. The Morgan fingerprint density at radius 3 is 2.71 bits per heavy atom. The molecule has 2 aliphatic heterocycles. The van der Waals surface area contributed by atoms with Crippen LogP contribution in [0.15, 0.2) is 80.9 Å². The molecule has 2 aromatic heterocycles. The lowest BCUT2D eigenvalue weighted by Crippen LogP contribution is -2.48. The minimum Gasteiger partial charge on any atom is -0.492 e. The second kappa shape index (κ2) is 9.02. The van der Waals surface area contributed by atoms with Gasteiger partial charge in [0, 0.05) is 54.9 Å². The zero-order valence-electron chi connectivity index (χ0n) is 19.2. The molecule has 0 unspecified atom stereocenters. The van der Waals surface area contributed by atoms with Crippen molar-refractivity contribution in [2.24, 2.45) is 5.92 Å². The van der Waals surface area contributed by atoms with Crippen molar-refractivity contribution in [3.63, 3.8) is 0 Å². The summed E-state index contributed by atoms with van der Waals surface area (Å²) < 4.78 is 13.8. The van der Waals surface area contributed by atoms with Crippen LogP contribution in [0.5, 0.6) is 5.75 Å². The Balaban J connectivity index is 1.12. The summed E-state index contributed by atoms with van der Waals surface area (Å²) in [5.41, 5.74) is 2.95. The highest BCUT2D eigenvalue weighted by atomic mass is 35.5. The number of ether oxygens (including phenoxy) is 1. The summed E-state index contributed by atoms with van der Waals surface area (Å²) in [5.74, 6) is 1.56. The summed E-state index contributed by atoms with van der Waals surface area (Å²) in [4.78, 5) is 27.6. The van der Waals surface area contributed by atoms with E-state index in [4.69, 9.17) is 20.8 Å². The second-order valence-electron chi connectivity index (χ2n) is 9.45. The molecule has 0 aliphatic carbocycles. The van der Waals surface area contributed by atoms with E-state index >= 15 is 0 Å². The Hall–Kier alpha value is -3.35. The van der Waals surface area contributed by atoms with E-state index in [-0.39, 0.29) is 11.0 Å². The van der Waals surface area contributed by atoms with Crippen LogP contribution < -0.4 is 15.7 Å². The Bertz CT molecular complexity index is 1510. The van der Waals surface area contributed by atoms with Crippen LogP contribution in [0.3, 0.4) is 0 Å². The first-order chi connectivity index (χ1) is 17.0. The molecule has 2 bridgehead atoms. The summed E-state index contributed by atoms with van der Waals surface area (Å²) in [7, 11) is 0. The van der Waals surface area contributed by atoms with Crippen LogP contribution in [0.4, 0.5) is 0 Å². The van der Waals surface area contributed by atoms with Gasteiger partial charge >= 0.3 is 0 Å². The van der Waals surface area contributed by atoms with Crippen molar-refractivity contribution in [3.8, 4) is 16.9 Å². The molecule has 2 aromatic carbocycles. The molecule has 2 atom stereocenters. The predicted molar refractivity (Wildman–Crippen MR) is 136 cm³/mol. The topological polar surface area (TPSA) is 64.7 Å². The zero-order chi connectivity index (χ0) is 23.9. The van der Waals surface area contributed by atoms with Crippen molar-refractivity contribution in [2.45, 2.75) is 18.9 Å². The first-order valence-corrected chi connectivity index (χ1v) is 12.3. The molecule has 0 amide bonds. The highest BCUT2D eigenvalue weighted by molar-refractivity contribution is 6.30. The molecular formula is C28H25ClN2O4. The number of rotatable bonds is 5. The first-order valence-electron chi connectivity index (χ1n) is 11.9. The van der Waals surface area contributed by atoms with Gasteiger partial charge in [-0.25, -0.2) is 0 Å². The second-order valence-corrected chi connectivity index (χ2v) is 9.89. The van der Waals surface area contributed by atoms with Crippen molar-refractivity contribution in [2.75, 3.05) is 26.2 Å². The lowest BCUT2D eigenvalue weighted by atomic mass is 9.83. The molecule has 0 radical (unpaired) electrons. The normalized spacial score (nSPS) is 19.5. The molecule has 0 saturated carbocycles. The third-order valence-electron chi connectivity index (χ3n) is 7.13. The highest BCUT2D eigenvalue weighted by Gasteiger charge is 2.34. The van der Waals surface area contributed by atoms with Gasteiger partial charge in [-0.3, -0.25) is 14.5 Å². The van der Waals surface area contributed by atoms with Crippen molar-refractivity contribution in [1.82, 2.24) is 9.47 Å². The van der Waals surface area contributed by atoms with E-state index in [0.717, 1.165) is 43.9 Å². The standard InChI is InChI=1S/C28H25ClN2O4/c29-21-6-4-19(5-7-21)24-17-35-26-13-22(8-9-23(26)28(24)33)34-11-10-30-14-18-12-20(16-30)25-2-1-3-27(32)31(25)15-18/h1-9,13,17-18,20H,10-12,14-16H2/t18-,20+/m1/s1. The van der Waals surface area contributed by atoms with Gasteiger partial charge in [0.15, 0.2) is 5.43 Å². The average molecular weight is 489 g/mol. The number of halogens is 1. The number of pyridine rings is 1. The van der Waals surface area contributed by atoms with Gasteiger partial charge in [-0.1, -0.05) is 29.8 Å². The minimum atomic E-state index is -0.0839. The zero-order valence-corrected chi connectivity index (χ0v) is 19.9. The molecule has 0 N–H and O–H groups in total. The number of nitrogens with zero attached hydrogens (tertiary/aromatic N) is 2. The minimum absolute atomic E-state index is 0.0839. The van der Waals surface area contributed by atoms with Gasteiger partial charge < -0.3 is 13.7 Å². The van der Waals surface area contributed by atoms with Gasteiger partial charge in [0.25, 0.3) is 5.56 Å². The number of benzene rings is 2. The lowest BCUT2D eigenvalue weighted by molar-refractivity contribution is 0.104. The van der Waals surface area contributed by atoms with Crippen molar-refractivity contribution >= 4 is 22.6 Å². The number of likely N-dealkylation sites (tertiary alicyclic amines) is 1. The quantitative estimate of drug-likeness (QED) is 0.405. The maximum Gasteiger partial charge on any atom is 0.250 e. The van der Waals surface area contributed by atoms with Crippen LogP contribution in [-0.2, 0) is 6.54 Å². The molecule has 35 heavy (non-hydrogen) atoms. The molecule has 178 valence electrons. The maximum absolute atomic E-state index is 13.0. The fourth-order valence-electron chi connectivity index (χ4n) is 5.50. The molecular weight excluding hydrogens is 464 g/mol. The monoisotopic (exact) mass is 488 g/mol.